The highest BCUT2D eigenvalue weighted by Crippen LogP contribution is 2.12. The molecule has 19 heavy (non-hydrogen) atoms. The Hall–Kier alpha value is -2.31. The van der Waals surface area contributed by atoms with Gasteiger partial charge in [0.15, 0.2) is 0 Å². The van der Waals surface area contributed by atoms with Crippen molar-refractivity contribution in [3.05, 3.63) is 40.3 Å². The van der Waals surface area contributed by atoms with Gasteiger partial charge in [0.25, 0.3) is 5.91 Å². The molecule has 0 saturated heterocycles. The number of carbonyl (C=O) groups excluding carboxylic acids is 1. The van der Waals surface area contributed by atoms with Crippen LogP contribution in [0.25, 0.3) is 11.0 Å². The molecule has 2 heterocycles. The van der Waals surface area contributed by atoms with Gasteiger partial charge in [0.2, 0.25) is 5.56 Å². The van der Waals surface area contributed by atoms with E-state index in [1.165, 1.54) is 6.07 Å². The van der Waals surface area contributed by atoms with Crippen LogP contribution in [0.1, 0.15) is 12.6 Å². The smallest absolute Gasteiger partial charge is 0.321 e. The molecule has 0 aliphatic rings. The van der Waals surface area contributed by atoms with Crippen molar-refractivity contribution >= 4 is 16.9 Å². The van der Waals surface area contributed by atoms with Gasteiger partial charge in [-0.15, -0.1) is 0 Å². The lowest BCUT2D eigenvalue weighted by molar-refractivity contribution is -0.143. The molecule has 0 aliphatic carbocycles. The Labute approximate surface area is 106 Å². The van der Waals surface area contributed by atoms with Gasteiger partial charge in [-0.2, -0.15) is 8.78 Å². The first kappa shape index (κ1) is 13.1. The van der Waals surface area contributed by atoms with Crippen molar-refractivity contribution in [3.63, 3.8) is 0 Å². The van der Waals surface area contributed by atoms with Crippen LogP contribution in [-0.4, -0.2) is 21.8 Å². The third kappa shape index (κ3) is 3.12. The van der Waals surface area contributed by atoms with Gasteiger partial charge >= 0.3 is 5.92 Å². The highest BCUT2D eigenvalue weighted by atomic mass is 19.3. The molecule has 0 atom stereocenters. The largest absolute Gasteiger partial charge is 0.345 e. The van der Waals surface area contributed by atoms with Gasteiger partial charge in [0.05, 0.1) is 12.2 Å². The van der Waals surface area contributed by atoms with E-state index >= 15 is 0 Å². The number of carbonyl (C=O) groups is 1. The number of nitrogens with one attached hydrogen (secondary N) is 2. The molecule has 100 valence electrons. The second kappa shape index (κ2) is 4.75. The van der Waals surface area contributed by atoms with Gasteiger partial charge in [-0.05, 0) is 18.2 Å². The maximum atomic E-state index is 12.6. The first-order valence-corrected chi connectivity index (χ1v) is 5.51. The number of rotatable bonds is 3. The summed E-state index contributed by atoms with van der Waals surface area (Å²) in [6, 6.07) is 6.24. The first-order chi connectivity index (χ1) is 8.86. The Morgan fingerprint density at radius 3 is 2.74 bits per heavy atom. The van der Waals surface area contributed by atoms with E-state index in [0.29, 0.717) is 18.3 Å². The number of alkyl halides is 2. The quantitative estimate of drug-likeness (QED) is 0.877. The van der Waals surface area contributed by atoms with E-state index in [2.05, 4.69) is 15.3 Å². The number of nitrogens with zero attached hydrogens (tertiary/aromatic N) is 1. The topological polar surface area (TPSA) is 74.8 Å². The van der Waals surface area contributed by atoms with Crippen LogP contribution in [-0.2, 0) is 11.3 Å². The molecule has 2 rings (SSSR count). The zero-order valence-corrected chi connectivity index (χ0v) is 10.0. The Balaban J connectivity index is 2.18. The van der Waals surface area contributed by atoms with E-state index in [4.69, 9.17) is 0 Å². The van der Waals surface area contributed by atoms with Crippen molar-refractivity contribution < 1.29 is 13.6 Å². The van der Waals surface area contributed by atoms with Crippen LogP contribution in [0.4, 0.5) is 8.78 Å². The van der Waals surface area contributed by atoms with E-state index < -0.39 is 11.8 Å². The molecule has 2 aromatic rings. The minimum absolute atomic E-state index is 0.130. The summed E-state index contributed by atoms with van der Waals surface area (Å²) in [4.78, 5) is 28.7. The number of pyridine rings is 2. The van der Waals surface area contributed by atoms with Crippen molar-refractivity contribution in [2.24, 2.45) is 0 Å². The number of H-pyrrole nitrogens is 1. The fourth-order valence-corrected chi connectivity index (χ4v) is 1.49. The molecule has 0 unspecified atom stereocenters. The molecule has 0 saturated carbocycles. The molecule has 2 aromatic heterocycles. The second-order valence-corrected chi connectivity index (χ2v) is 4.13. The molecule has 0 aromatic carbocycles. The molecule has 7 heteroatoms. The summed E-state index contributed by atoms with van der Waals surface area (Å²) in [5, 5.41) is 2.79. The number of hydrogen-bond acceptors (Lipinski definition) is 3. The van der Waals surface area contributed by atoms with Crippen molar-refractivity contribution in [1.82, 2.24) is 15.3 Å². The Bertz CT molecular complexity index is 676. The van der Waals surface area contributed by atoms with Crippen molar-refractivity contribution in [2.45, 2.75) is 19.4 Å². The van der Waals surface area contributed by atoms with Crippen molar-refractivity contribution in [2.75, 3.05) is 0 Å². The maximum absolute atomic E-state index is 12.6. The van der Waals surface area contributed by atoms with Crippen LogP contribution >= 0.6 is 0 Å². The van der Waals surface area contributed by atoms with Gasteiger partial charge in [-0.3, -0.25) is 9.59 Å². The van der Waals surface area contributed by atoms with Crippen molar-refractivity contribution in [1.29, 1.82) is 0 Å². The van der Waals surface area contributed by atoms with Crippen LogP contribution in [0, 0.1) is 0 Å². The highest BCUT2D eigenvalue weighted by molar-refractivity contribution is 5.82. The Morgan fingerprint density at radius 1 is 1.37 bits per heavy atom. The standard InChI is InChI=1S/C12H11F2N3O2/c1-12(13,14)11(19)15-6-8-4-2-7-3-5-9(18)17-10(7)16-8/h2-5H,6H2,1H3,(H,15,19)(H,16,17,18). The molecular formula is C12H11F2N3O2. The van der Waals surface area contributed by atoms with Crippen LogP contribution in [0.3, 0.4) is 0 Å². The minimum atomic E-state index is -3.43. The number of aromatic nitrogens is 2. The number of amides is 1. The molecule has 0 fully saturated rings. The van der Waals surface area contributed by atoms with E-state index in [1.807, 2.05) is 0 Å². The average Bonchev–Trinajstić information content (AvgIpc) is 2.34. The summed E-state index contributed by atoms with van der Waals surface area (Å²) in [6.07, 6.45) is 0. The third-order valence-electron chi connectivity index (χ3n) is 2.47. The van der Waals surface area contributed by atoms with E-state index in [-0.39, 0.29) is 12.1 Å². The van der Waals surface area contributed by atoms with Crippen LogP contribution in [0.5, 0.6) is 0 Å². The summed E-state index contributed by atoms with van der Waals surface area (Å²) < 4.78 is 25.3. The van der Waals surface area contributed by atoms with Gasteiger partial charge < -0.3 is 10.3 Å². The normalized spacial score (nSPS) is 11.5. The van der Waals surface area contributed by atoms with E-state index in [1.54, 1.807) is 18.2 Å². The lowest BCUT2D eigenvalue weighted by Crippen LogP contribution is -2.37. The van der Waals surface area contributed by atoms with Crippen LogP contribution in [0.15, 0.2) is 29.1 Å². The molecule has 5 nitrogen and oxygen atoms in total. The van der Waals surface area contributed by atoms with Gasteiger partial charge in [-0.25, -0.2) is 4.98 Å². The van der Waals surface area contributed by atoms with Crippen molar-refractivity contribution in [3.8, 4) is 0 Å². The average molecular weight is 267 g/mol. The molecular weight excluding hydrogens is 256 g/mol. The molecule has 1 amide bonds. The second-order valence-electron chi connectivity index (χ2n) is 4.13. The summed E-state index contributed by atoms with van der Waals surface area (Å²) in [6.45, 7) is 0.392. The summed E-state index contributed by atoms with van der Waals surface area (Å²) in [7, 11) is 0. The number of aromatic amines is 1. The summed E-state index contributed by atoms with van der Waals surface area (Å²) >= 11 is 0. The van der Waals surface area contributed by atoms with Crippen LogP contribution < -0.4 is 10.9 Å². The predicted molar refractivity (Wildman–Crippen MR) is 64.8 cm³/mol. The number of halogens is 2. The predicted octanol–water partition coefficient (Wildman–Crippen LogP) is 1.19. The minimum Gasteiger partial charge on any atom is -0.345 e. The lowest BCUT2D eigenvalue weighted by Gasteiger charge is -2.10. The highest BCUT2D eigenvalue weighted by Gasteiger charge is 2.31. The SMILES string of the molecule is CC(F)(F)C(=O)NCc1ccc2ccc(=O)[nH]c2n1. The zero-order chi connectivity index (χ0) is 14.0. The molecule has 0 aliphatic heterocycles. The van der Waals surface area contributed by atoms with Gasteiger partial charge in [0.1, 0.15) is 5.65 Å². The molecule has 0 spiro atoms. The fourth-order valence-electron chi connectivity index (χ4n) is 1.49. The summed E-state index contributed by atoms with van der Waals surface area (Å²) in [5.74, 6) is -4.79. The van der Waals surface area contributed by atoms with Gasteiger partial charge in [-0.1, -0.05) is 0 Å². The Kier molecular flexibility index (Phi) is 3.28. The zero-order valence-electron chi connectivity index (χ0n) is 10.0. The monoisotopic (exact) mass is 267 g/mol. The Morgan fingerprint density at radius 2 is 2.05 bits per heavy atom. The number of hydrogen-bond donors (Lipinski definition) is 2. The van der Waals surface area contributed by atoms with E-state index in [9.17, 15) is 18.4 Å². The van der Waals surface area contributed by atoms with E-state index in [0.717, 1.165) is 5.39 Å². The van der Waals surface area contributed by atoms with Gasteiger partial charge in [0, 0.05) is 18.4 Å². The maximum Gasteiger partial charge on any atom is 0.321 e. The number of fused-ring (bicyclic) bond motifs is 1. The molecule has 0 bridgehead atoms. The molecule has 2 N–H and O–H groups in total. The summed E-state index contributed by atoms with van der Waals surface area (Å²) in [5.41, 5.74) is 0.427. The lowest BCUT2D eigenvalue weighted by atomic mass is 10.2. The first-order valence-electron chi connectivity index (χ1n) is 5.51. The molecule has 0 radical (unpaired) electrons. The third-order valence-corrected chi connectivity index (χ3v) is 2.47. The fraction of sp³-hybridized carbons (Fsp3) is 0.250. The van der Waals surface area contributed by atoms with Crippen LogP contribution in [0.2, 0.25) is 0 Å².